The van der Waals surface area contributed by atoms with Crippen molar-refractivity contribution >= 4 is 10.9 Å². The average Bonchev–Trinajstić information content (AvgIpc) is 2.74. The van der Waals surface area contributed by atoms with E-state index >= 15 is 0 Å². The van der Waals surface area contributed by atoms with E-state index in [9.17, 15) is 0 Å². The average molecular weight is 215 g/mol. The van der Waals surface area contributed by atoms with E-state index in [0.717, 1.165) is 18.4 Å². The zero-order valence-electron chi connectivity index (χ0n) is 9.32. The van der Waals surface area contributed by atoms with Gasteiger partial charge in [-0.05, 0) is 43.2 Å². The predicted molar refractivity (Wildman–Crippen MR) is 65.3 cm³/mol. The maximum absolute atomic E-state index is 5.95. The zero-order chi connectivity index (χ0) is 11.0. The van der Waals surface area contributed by atoms with E-state index in [2.05, 4.69) is 22.2 Å². The summed E-state index contributed by atoms with van der Waals surface area (Å²) in [5.74, 6) is 0.677. The van der Waals surface area contributed by atoms with Crippen molar-refractivity contribution in [2.75, 3.05) is 0 Å². The minimum atomic E-state index is 0.420. The van der Waals surface area contributed by atoms with Crippen molar-refractivity contribution in [3.63, 3.8) is 0 Å². The van der Waals surface area contributed by atoms with Crippen LogP contribution in [0.3, 0.4) is 0 Å². The molecule has 0 saturated heterocycles. The van der Waals surface area contributed by atoms with E-state index in [4.69, 9.17) is 5.73 Å². The Balaban J connectivity index is 1.94. The molecule has 2 aromatic heterocycles. The summed E-state index contributed by atoms with van der Waals surface area (Å²) >= 11 is 0. The van der Waals surface area contributed by atoms with E-state index in [1.54, 1.807) is 0 Å². The van der Waals surface area contributed by atoms with Crippen LogP contribution < -0.4 is 5.73 Å². The van der Waals surface area contributed by atoms with Gasteiger partial charge in [-0.1, -0.05) is 0 Å². The highest BCUT2D eigenvalue weighted by Gasteiger charge is 2.21. The van der Waals surface area contributed by atoms with Gasteiger partial charge in [-0.15, -0.1) is 0 Å². The molecule has 0 bridgehead atoms. The van der Waals surface area contributed by atoms with Crippen molar-refractivity contribution in [2.24, 2.45) is 5.73 Å². The van der Waals surface area contributed by atoms with Crippen molar-refractivity contribution in [1.29, 1.82) is 0 Å². The van der Waals surface area contributed by atoms with Crippen LogP contribution in [0.4, 0.5) is 0 Å². The Kier molecular flexibility index (Phi) is 2.40. The van der Waals surface area contributed by atoms with E-state index in [0.29, 0.717) is 12.0 Å². The fraction of sp³-hybridized carbons (Fsp3) is 0.462. The third kappa shape index (κ3) is 1.61. The molecule has 0 atom stereocenters. The molecule has 0 spiro atoms. The number of aromatic amines is 1. The highest BCUT2D eigenvalue weighted by molar-refractivity contribution is 5.82. The van der Waals surface area contributed by atoms with Crippen LogP contribution in [0.1, 0.15) is 37.2 Å². The number of pyridine rings is 1. The molecule has 0 aromatic carbocycles. The van der Waals surface area contributed by atoms with Gasteiger partial charge in [0, 0.05) is 23.8 Å². The first-order valence-corrected chi connectivity index (χ1v) is 6.01. The first-order chi connectivity index (χ1) is 7.84. The minimum absolute atomic E-state index is 0.420. The van der Waals surface area contributed by atoms with E-state index in [-0.39, 0.29) is 0 Å². The molecule has 2 heterocycles. The fourth-order valence-electron chi connectivity index (χ4n) is 2.76. The second kappa shape index (κ2) is 3.91. The Morgan fingerprint density at radius 3 is 2.88 bits per heavy atom. The van der Waals surface area contributed by atoms with Gasteiger partial charge in [-0.2, -0.15) is 0 Å². The van der Waals surface area contributed by atoms with Crippen LogP contribution in [-0.2, 0) is 0 Å². The third-order valence-electron chi connectivity index (χ3n) is 3.73. The summed E-state index contributed by atoms with van der Waals surface area (Å²) in [6.07, 6.45) is 10.7. The second-order valence-electron chi connectivity index (χ2n) is 4.78. The van der Waals surface area contributed by atoms with Gasteiger partial charge < -0.3 is 10.7 Å². The van der Waals surface area contributed by atoms with Gasteiger partial charge in [-0.25, -0.2) is 0 Å². The molecule has 0 aliphatic heterocycles. The Morgan fingerprint density at radius 1 is 1.25 bits per heavy atom. The number of aromatic nitrogens is 2. The van der Waals surface area contributed by atoms with Crippen LogP contribution in [0.15, 0.2) is 24.7 Å². The predicted octanol–water partition coefficient (Wildman–Crippen LogP) is 2.55. The smallest absolute Gasteiger partial charge is 0.0643 e. The topological polar surface area (TPSA) is 54.7 Å². The molecule has 2 aromatic rings. The highest BCUT2D eigenvalue weighted by atomic mass is 14.7. The molecule has 3 nitrogen and oxygen atoms in total. The summed E-state index contributed by atoms with van der Waals surface area (Å²) in [7, 11) is 0. The Hall–Kier alpha value is -1.35. The molecule has 16 heavy (non-hydrogen) atoms. The van der Waals surface area contributed by atoms with Crippen LogP contribution in [0.5, 0.6) is 0 Å². The number of rotatable bonds is 1. The Bertz CT molecular complexity index is 481. The Morgan fingerprint density at radius 2 is 2.06 bits per heavy atom. The molecule has 0 unspecified atom stereocenters. The summed E-state index contributed by atoms with van der Waals surface area (Å²) in [5.41, 5.74) is 8.54. The minimum Gasteiger partial charge on any atom is -0.360 e. The number of nitrogens with one attached hydrogen (secondary N) is 1. The lowest BCUT2D eigenvalue weighted by Gasteiger charge is -2.25. The number of H-pyrrole nitrogens is 1. The summed E-state index contributed by atoms with van der Waals surface area (Å²) in [6.45, 7) is 0. The van der Waals surface area contributed by atoms with E-state index < -0.39 is 0 Å². The molecule has 1 fully saturated rings. The lowest BCUT2D eigenvalue weighted by atomic mass is 9.82. The summed E-state index contributed by atoms with van der Waals surface area (Å²) < 4.78 is 0. The van der Waals surface area contributed by atoms with Gasteiger partial charge in [0.1, 0.15) is 0 Å². The molecule has 3 heteroatoms. The largest absolute Gasteiger partial charge is 0.360 e. The second-order valence-corrected chi connectivity index (χ2v) is 4.78. The first kappa shape index (κ1) is 9.85. The third-order valence-corrected chi connectivity index (χ3v) is 3.73. The fourth-order valence-corrected chi connectivity index (χ4v) is 2.76. The molecule has 1 aliphatic carbocycles. The number of hydrogen-bond acceptors (Lipinski definition) is 2. The quantitative estimate of drug-likeness (QED) is 0.768. The van der Waals surface area contributed by atoms with Crippen molar-refractivity contribution in [1.82, 2.24) is 9.97 Å². The van der Waals surface area contributed by atoms with Crippen LogP contribution in [0.2, 0.25) is 0 Å². The van der Waals surface area contributed by atoms with Gasteiger partial charge in [0.25, 0.3) is 0 Å². The maximum Gasteiger partial charge on any atom is 0.0643 e. The standard InChI is InChI=1S/C13H17N3/c14-10-3-1-9(2-4-10)12-7-16-13-8-15-6-5-11(12)13/h5-10,16H,1-4,14H2. The number of fused-ring (bicyclic) bond motifs is 1. The summed E-state index contributed by atoms with van der Waals surface area (Å²) in [5, 5.41) is 1.33. The molecular weight excluding hydrogens is 198 g/mol. The molecule has 1 saturated carbocycles. The van der Waals surface area contributed by atoms with Crippen molar-refractivity contribution in [2.45, 2.75) is 37.6 Å². The highest BCUT2D eigenvalue weighted by Crippen LogP contribution is 2.35. The van der Waals surface area contributed by atoms with Crippen LogP contribution in [0, 0.1) is 0 Å². The van der Waals surface area contributed by atoms with Gasteiger partial charge >= 0.3 is 0 Å². The summed E-state index contributed by atoms with van der Waals surface area (Å²) in [4.78, 5) is 7.44. The number of nitrogens with two attached hydrogens (primary N) is 1. The van der Waals surface area contributed by atoms with Gasteiger partial charge in [0.2, 0.25) is 0 Å². The molecule has 3 N–H and O–H groups in total. The molecule has 3 rings (SSSR count). The first-order valence-electron chi connectivity index (χ1n) is 6.01. The molecule has 1 aliphatic rings. The molecule has 0 radical (unpaired) electrons. The SMILES string of the molecule is NC1CCC(c2c[nH]c3cnccc23)CC1. The van der Waals surface area contributed by atoms with Crippen molar-refractivity contribution in [3.8, 4) is 0 Å². The molecular formula is C13H17N3. The number of hydrogen-bond donors (Lipinski definition) is 2. The monoisotopic (exact) mass is 215 g/mol. The Labute approximate surface area is 95.1 Å². The van der Waals surface area contributed by atoms with Crippen molar-refractivity contribution < 1.29 is 0 Å². The summed E-state index contributed by atoms with van der Waals surface area (Å²) in [6, 6.07) is 2.53. The van der Waals surface area contributed by atoms with Crippen molar-refractivity contribution in [3.05, 3.63) is 30.2 Å². The lowest BCUT2D eigenvalue weighted by molar-refractivity contribution is 0.397. The van der Waals surface area contributed by atoms with E-state index in [1.807, 2.05) is 12.4 Å². The molecule has 84 valence electrons. The van der Waals surface area contributed by atoms with Gasteiger partial charge in [-0.3, -0.25) is 4.98 Å². The number of nitrogens with zero attached hydrogens (tertiary/aromatic N) is 1. The zero-order valence-corrected chi connectivity index (χ0v) is 9.32. The normalized spacial score (nSPS) is 26.1. The van der Waals surface area contributed by atoms with Crippen LogP contribution >= 0.6 is 0 Å². The molecule has 0 amide bonds. The maximum atomic E-state index is 5.95. The van der Waals surface area contributed by atoms with Crippen LogP contribution in [0.25, 0.3) is 10.9 Å². The lowest BCUT2D eigenvalue weighted by Crippen LogP contribution is -2.25. The van der Waals surface area contributed by atoms with Crippen LogP contribution in [-0.4, -0.2) is 16.0 Å². The van der Waals surface area contributed by atoms with Gasteiger partial charge in [0.15, 0.2) is 0 Å². The van der Waals surface area contributed by atoms with Gasteiger partial charge in [0.05, 0.1) is 11.7 Å². The van der Waals surface area contributed by atoms with E-state index in [1.165, 1.54) is 23.8 Å².